The standard InChI is InChI=1S/C19H20N4O2/c1-4-13-7-5-6-8-14(13)22(3)19(24)15-12(2)25-18-16(15)17-20-9-10-23(17)11-21-18/h5-8,11H,4,9-10H2,1-3H3. The Kier molecular flexibility index (Phi) is 3.67. The summed E-state index contributed by atoms with van der Waals surface area (Å²) >= 11 is 0. The van der Waals surface area contributed by atoms with E-state index in [2.05, 4.69) is 16.9 Å². The van der Waals surface area contributed by atoms with E-state index in [0.29, 0.717) is 29.3 Å². The largest absolute Gasteiger partial charge is 0.442 e. The van der Waals surface area contributed by atoms with E-state index in [1.807, 2.05) is 29.2 Å². The van der Waals surface area contributed by atoms with Gasteiger partial charge in [-0.3, -0.25) is 9.79 Å². The number of anilines is 1. The zero-order valence-corrected chi connectivity index (χ0v) is 14.6. The van der Waals surface area contributed by atoms with Gasteiger partial charge in [0.2, 0.25) is 5.88 Å². The van der Waals surface area contributed by atoms with Crippen molar-refractivity contribution in [1.29, 1.82) is 0 Å². The normalized spacial score (nSPS) is 15.0. The lowest BCUT2D eigenvalue weighted by Crippen LogP contribution is -2.33. The molecule has 2 aromatic rings. The van der Waals surface area contributed by atoms with Gasteiger partial charge in [0, 0.05) is 19.3 Å². The van der Waals surface area contributed by atoms with Crippen LogP contribution in [0.4, 0.5) is 11.6 Å². The summed E-state index contributed by atoms with van der Waals surface area (Å²) in [6.45, 7) is 5.38. The number of fused-ring (bicyclic) bond motifs is 3. The smallest absolute Gasteiger partial charge is 0.262 e. The zero-order valence-electron chi connectivity index (χ0n) is 14.6. The summed E-state index contributed by atoms with van der Waals surface area (Å²) in [5.41, 5.74) is 3.30. The first-order valence-electron chi connectivity index (χ1n) is 8.46. The van der Waals surface area contributed by atoms with E-state index in [0.717, 1.165) is 30.1 Å². The highest BCUT2D eigenvalue weighted by molar-refractivity contribution is 6.20. The van der Waals surface area contributed by atoms with Gasteiger partial charge in [0.05, 0.1) is 17.7 Å². The molecule has 0 N–H and O–H groups in total. The van der Waals surface area contributed by atoms with Crippen LogP contribution >= 0.6 is 0 Å². The number of carbonyl (C=O) groups excluding carboxylic acids is 1. The quantitative estimate of drug-likeness (QED) is 0.865. The Balaban J connectivity index is 1.79. The molecule has 1 aromatic carbocycles. The summed E-state index contributed by atoms with van der Waals surface area (Å²) < 4.78 is 5.76. The number of aryl methyl sites for hydroxylation is 2. The lowest BCUT2D eigenvalue weighted by atomic mass is 10.0. The van der Waals surface area contributed by atoms with Crippen LogP contribution in [0.15, 0.2) is 38.7 Å². The van der Waals surface area contributed by atoms with E-state index < -0.39 is 0 Å². The number of carbonyl (C=O) groups is 1. The fourth-order valence-corrected chi connectivity index (χ4v) is 3.42. The number of amides is 1. The molecule has 0 spiro atoms. The maximum absolute atomic E-state index is 13.3. The van der Waals surface area contributed by atoms with Crippen molar-refractivity contribution in [3.63, 3.8) is 0 Å². The minimum Gasteiger partial charge on any atom is -0.442 e. The third kappa shape index (κ3) is 2.36. The van der Waals surface area contributed by atoms with Gasteiger partial charge in [0.1, 0.15) is 17.9 Å². The van der Waals surface area contributed by atoms with E-state index in [1.54, 1.807) is 25.2 Å². The second kappa shape index (κ2) is 5.88. The van der Waals surface area contributed by atoms with Crippen molar-refractivity contribution in [3.05, 3.63) is 46.7 Å². The molecule has 0 saturated heterocycles. The van der Waals surface area contributed by atoms with E-state index in [4.69, 9.17) is 4.42 Å². The Morgan fingerprint density at radius 3 is 2.96 bits per heavy atom. The van der Waals surface area contributed by atoms with Crippen LogP contribution in [-0.2, 0) is 6.42 Å². The number of hydrogen-bond acceptors (Lipinski definition) is 5. The molecule has 2 aliphatic heterocycles. The second-order valence-corrected chi connectivity index (χ2v) is 6.20. The fourth-order valence-electron chi connectivity index (χ4n) is 3.42. The van der Waals surface area contributed by atoms with Gasteiger partial charge in [0.25, 0.3) is 5.91 Å². The van der Waals surface area contributed by atoms with Crippen LogP contribution in [0.3, 0.4) is 0 Å². The topological polar surface area (TPSA) is 61.4 Å². The van der Waals surface area contributed by atoms with Crippen molar-refractivity contribution in [2.45, 2.75) is 20.3 Å². The molecular weight excluding hydrogens is 316 g/mol. The monoisotopic (exact) mass is 336 g/mol. The van der Waals surface area contributed by atoms with Gasteiger partial charge in [-0.1, -0.05) is 25.1 Å². The summed E-state index contributed by atoms with van der Waals surface area (Å²) in [4.78, 5) is 25.8. The van der Waals surface area contributed by atoms with Crippen molar-refractivity contribution in [2.24, 2.45) is 9.98 Å². The molecule has 1 amide bonds. The van der Waals surface area contributed by atoms with Crippen LogP contribution in [0.25, 0.3) is 0 Å². The molecule has 0 aliphatic carbocycles. The molecule has 6 nitrogen and oxygen atoms in total. The predicted molar refractivity (Wildman–Crippen MR) is 98.3 cm³/mol. The van der Waals surface area contributed by atoms with Gasteiger partial charge in [-0.05, 0) is 25.0 Å². The number of para-hydroxylation sites is 1. The molecule has 1 aromatic heterocycles. The third-order valence-corrected chi connectivity index (χ3v) is 4.73. The molecule has 4 rings (SSSR count). The number of hydrogen-bond donors (Lipinski definition) is 0. The number of nitrogens with zero attached hydrogens (tertiary/aromatic N) is 4. The van der Waals surface area contributed by atoms with Gasteiger partial charge < -0.3 is 14.2 Å². The maximum atomic E-state index is 13.3. The van der Waals surface area contributed by atoms with Crippen molar-refractivity contribution < 1.29 is 9.21 Å². The average Bonchev–Trinajstić information content (AvgIpc) is 3.23. The van der Waals surface area contributed by atoms with Crippen molar-refractivity contribution in [1.82, 2.24) is 4.90 Å². The van der Waals surface area contributed by atoms with Gasteiger partial charge in [0.15, 0.2) is 0 Å². The zero-order chi connectivity index (χ0) is 17.6. The van der Waals surface area contributed by atoms with E-state index in [-0.39, 0.29) is 5.91 Å². The molecule has 128 valence electrons. The van der Waals surface area contributed by atoms with Crippen LogP contribution in [0.2, 0.25) is 0 Å². The van der Waals surface area contributed by atoms with Crippen LogP contribution < -0.4 is 4.90 Å². The minimum atomic E-state index is -0.102. The molecule has 0 saturated carbocycles. The fraction of sp³-hybridized carbons (Fsp3) is 0.316. The van der Waals surface area contributed by atoms with E-state index in [9.17, 15) is 4.79 Å². The Hall–Kier alpha value is -2.89. The number of furan rings is 1. The highest BCUT2D eigenvalue weighted by atomic mass is 16.4. The Labute approximate surface area is 146 Å². The molecule has 0 radical (unpaired) electrons. The van der Waals surface area contributed by atoms with Gasteiger partial charge >= 0.3 is 0 Å². The predicted octanol–water partition coefficient (Wildman–Crippen LogP) is 3.16. The van der Waals surface area contributed by atoms with Crippen molar-refractivity contribution in [3.8, 4) is 0 Å². The number of rotatable bonds is 3. The molecule has 2 aliphatic rings. The highest BCUT2D eigenvalue weighted by Crippen LogP contribution is 2.35. The van der Waals surface area contributed by atoms with Gasteiger partial charge in [-0.25, -0.2) is 4.99 Å². The second-order valence-electron chi connectivity index (χ2n) is 6.20. The van der Waals surface area contributed by atoms with E-state index in [1.165, 1.54) is 0 Å². The number of aliphatic imine (C=N–C) groups is 2. The summed E-state index contributed by atoms with van der Waals surface area (Å²) in [5, 5.41) is 0. The van der Waals surface area contributed by atoms with Crippen LogP contribution in [0.1, 0.15) is 34.2 Å². The molecule has 0 atom stereocenters. The SMILES string of the molecule is CCc1ccccc1N(C)C(=O)c1c(C)oc2c1C1=NCCN1C=N2. The first-order chi connectivity index (χ1) is 12.1. The van der Waals surface area contributed by atoms with Gasteiger partial charge in [-0.2, -0.15) is 0 Å². The lowest BCUT2D eigenvalue weighted by Gasteiger charge is -2.22. The highest BCUT2D eigenvalue weighted by Gasteiger charge is 2.35. The molecule has 3 heterocycles. The maximum Gasteiger partial charge on any atom is 0.262 e. The van der Waals surface area contributed by atoms with Crippen molar-refractivity contribution >= 4 is 29.7 Å². The minimum absolute atomic E-state index is 0.102. The first-order valence-corrected chi connectivity index (χ1v) is 8.46. The van der Waals surface area contributed by atoms with Gasteiger partial charge in [-0.15, -0.1) is 0 Å². The number of benzene rings is 1. The summed E-state index contributed by atoms with van der Waals surface area (Å²) in [5.74, 6) is 1.72. The molecule has 0 bridgehead atoms. The third-order valence-electron chi connectivity index (χ3n) is 4.73. The molecule has 6 heteroatoms. The first kappa shape index (κ1) is 15.6. The molecular formula is C19H20N4O2. The summed E-state index contributed by atoms with van der Waals surface area (Å²) in [7, 11) is 1.80. The Bertz CT molecular complexity index is 910. The van der Waals surface area contributed by atoms with Crippen LogP contribution in [0.5, 0.6) is 0 Å². The number of amidine groups is 1. The molecule has 0 unspecified atom stereocenters. The molecule has 25 heavy (non-hydrogen) atoms. The summed E-state index contributed by atoms with van der Waals surface area (Å²) in [6, 6.07) is 7.95. The average molecular weight is 336 g/mol. The van der Waals surface area contributed by atoms with Crippen LogP contribution in [0, 0.1) is 6.92 Å². The Morgan fingerprint density at radius 1 is 1.36 bits per heavy atom. The van der Waals surface area contributed by atoms with Crippen LogP contribution in [-0.4, -0.2) is 43.1 Å². The summed E-state index contributed by atoms with van der Waals surface area (Å²) in [6.07, 6.45) is 2.59. The Morgan fingerprint density at radius 2 is 2.16 bits per heavy atom. The van der Waals surface area contributed by atoms with Crippen molar-refractivity contribution in [2.75, 3.05) is 25.0 Å². The lowest BCUT2D eigenvalue weighted by molar-refractivity contribution is 0.0991. The van der Waals surface area contributed by atoms with E-state index >= 15 is 0 Å². The molecule has 0 fully saturated rings.